The summed E-state index contributed by atoms with van der Waals surface area (Å²) in [5.41, 5.74) is -1.01. The van der Waals surface area contributed by atoms with Crippen LogP contribution in [0.4, 0.5) is 32.0 Å². The quantitative estimate of drug-likeness (QED) is 0.118. The van der Waals surface area contributed by atoms with Crippen LogP contribution in [0.3, 0.4) is 0 Å². The number of carbonyl (C=O) groups is 2. The molecule has 5 rings (SSSR count). The molecule has 2 aromatic carbocycles. The minimum Gasteiger partial charge on any atom is -0.504 e. The number of alkyl halides is 6. The molecule has 2 amide bonds. The summed E-state index contributed by atoms with van der Waals surface area (Å²) in [4.78, 5) is 27.7. The van der Waals surface area contributed by atoms with E-state index in [1.165, 1.54) is 7.11 Å². The standard InChI is InChI=1S/C33H32F6INO6/c1-3-4-16(7-17-8-24(40)29(43)26(9-17)46-2)5-6-25-27-18(14-42)10-22-28(23(27)15-47-25)31(45)41(30(22)44)21-12-19(32(34,35)36)11-20(13-21)33(37,38)39/h7-9,11-13,22-23,25,28,42-43H,3-6,10,14-15H2,1-2H3/b16-7+/t22-,23+,25-,28-/m1/s1. The van der Waals surface area contributed by atoms with Crippen molar-refractivity contribution < 1.29 is 55.6 Å². The van der Waals surface area contributed by atoms with Gasteiger partial charge in [0.05, 0.1) is 58.6 Å². The average Bonchev–Trinajstić information content (AvgIpc) is 3.54. The van der Waals surface area contributed by atoms with Gasteiger partial charge >= 0.3 is 12.4 Å². The van der Waals surface area contributed by atoms with E-state index in [-0.39, 0.29) is 24.8 Å². The smallest absolute Gasteiger partial charge is 0.416 e. The number of phenolic OH excluding ortho intramolecular Hbond substituents is 1. The maximum Gasteiger partial charge on any atom is 0.416 e. The van der Waals surface area contributed by atoms with Crippen LogP contribution in [-0.2, 0) is 26.7 Å². The Balaban J connectivity index is 1.42. The zero-order chi connectivity index (χ0) is 34.4. The minimum atomic E-state index is -5.15. The van der Waals surface area contributed by atoms with Crippen molar-refractivity contribution in [2.75, 3.05) is 25.2 Å². The van der Waals surface area contributed by atoms with Crippen molar-refractivity contribution in [3.8, 4) is 11.5 Å². The summed E-state index contributed by atoms with van der Waals surface area (Å²) in [6, 6.07) is 4.24. The molecule has 254 valence electrons. The Kier molecular flexibility index (Phi) is 10.1. The van der Waals surface area contributed by atoms with Gasteiger partial charge in [-0.3, -0.25) is 9.59 Å². The van der Waals surface area contributed by atoms with E-state index in [1.807, 2.05) is 41.7 Å². The third-order valence-electron chi connectivity index (χ3n) is 8.97. The molecule has 2 saturated heterocycles. The van der Waals surface area contributed by atoms with Gasteiger partial charge in [-0.15, -0.1) is 0 Å². The fourth-order valence-corrected chi connectivity index (χ4v) is 7.54. The van der Waals surface area contributed by atoms with E-state index in [1.54, 1.807) is 6.07 Å². The zero-order valence-electron chi connectivity index (χ0n) is 25.3. The van der Waals surface area contributed by atoms with Crippen molar-refractivity contribution in [1.29, 1.82) is 0 Å². The number of allylic oxidation sites excluding steroid dienone is 1. The molecule has 0 bridgehead atoms. The van der Waals surface area contributed by atoms with E-state index < -0.39 is 71.4 Å². The molecule has 0 saturated carbocycles. The number of amides is 2. The number of rotatable bonds is 9. The van der Waals surface area contributed by atoms with E-state index in [9.17, 15) is 46.1 Å². The first kappa shape index (κ1) is 35.2. The van der Waals surface area contributed by atoms with Crippen molar-refractivity contribution >= 4 is 46.2 Å². The number of aliphatic hydroxyl groups excluding tert-OH is 1. The number of fused-ring (bicyclic) bond motifs is 3. The van der Waals surface area contributed by atoms with Gasteiger partial charge < -0.3 is 19.7 Å². The molecule has 47 heavy (non-hydrogen) atoms. The Morgan fingerprint density at radius 2 is 1.68 bits per heavy atom. The number of benzene rings is 2. The zero-order valence-corrected chi connectivity index (χ0v) is 27.5. The predicted octanol–water partition coefficient (Wildman–Crippen LogP) is 7.52. The second-order valence-electron chi connectivity index (χ2n) is 11.9. The van der Waals surface area contributed by atoms with E-state index >= 15 is 0 Å². The largest absolute Gasteiger partial charge is 0.504 e. The van der Waals surface area contributed by atoms with Gasteiger partial charge in [0.2, 0.25) is 11.8 Å². The molecule has 2 N–H and O–H groups in total. The maximum absolute atomic E-state index is 13.7. The number of phenols is 1. The molecule has 0 unspecified atom stereocenters. The van der Waals surface area contributed by atoms with Crippen LogP contribution in [0.5, 0.6) is 11.5 Å². The summed E-state index contributed by atoms with van der Waals surface area (Å²) in [7, 11) is 1.46. The van der Waals surface area contributed by atoms with Crippen molar-refractivity contribution in [2.24, 2.45) is 17.8 Å². The van der Waals surface area contributed by atoms with Crippen LogP contribution >= 0.6 is 22.6 Å². The van der Waals surface area contributed by atoms with Gasteiger partial charge in [-0.2, -0.15) is 26.3 Å². The number of halogens is 7. The van der Waals surface area contributed by atoms with Crippen LogP contribution < -0.4 is 9.64 Å². The number of ether oxygens (including phenoxy) is 2. The molecule has 2 aromatic rings. The summed E-state index contributed by atoms with van der Waals surface area (Å²) in [6.45, 7) is 1.59. The summed E-state index contributed by atoms with van der Waals surface area (Å²) in [5.74, 6) is -4.21. The van der Waals surface area contributed by atoms with Crippen LogP contribution in [0.15, 0.2) is 47.1 Å². The van der Waals surface area contributed by atoms with Crippen molar-refractivity contribution in [3.05, 3.63) is 67.3 Å². The van der Waals surface area contributed by atoms with E-state index in [4.69, 9.17) is 9.47 Å². The molecule has 14 heteroatoms. The Bertz CT molecular complexity index is 1600. The lowest BCUT2D eigenvalue weighted by Crippen LogP contribution is -2.35. The van der Waals surface area contributed by atoms with Gasteiger partial charge in [0.1, 0.15) is 0 Å². The Hall–Kier alpha value is -3.11. The molecule has 2 aliphatic heterocycles. The number of hydrogen-bond acceptors (Lipinski definition) is 6. The normalized spacial score (nSPS) is 23.4. The molecule has 0 aromatic heterocycles. The van der Waals surface area contributed by atoms with Crippen LogP contribution in [0.25, 0.3) is 6.08 Å². The van der Waals surface area contributed by atoms with Gasteiger partial charge in [0, 0.05) is 5.92 Å². The summed E-state index contributed by atoms with van der Waals surface area (Å²) in [5, 5.41) is 20.5. The van der Waals surface area contributed by atoms with Crippen LogP contribution in [-0.4, -0.2) is 48.5 Å². The van der Waals surface area contributed by atoms with Crippen molar-refractivity contribution in [2.45, 2.75) is 57.5 Å². The number of nitrogens with zero attached hydrogens (tertiary/aromatic N) is 1. The Morgan fingerprint density at radius 3 is 2.26 bits per heavy atom. The molecule has 2 heterocycles. The molecule has 0 radical (unpaired) electrons. The molecule has 1 aliphatic carbocycles. The van der Waals surface area contributed by atoms with Gasteiger partial charge in [-0.05, 0) is 95.3 Å². The summed E-state index contributed by atoms with van der Waals surface area (Å²) in [6.07, 6.45) is -6.24. The van der Waals surface area contributed by atoms with Crippen molar-refractivity contribution in [3.63, 3.8) is 0 Å². The summed E-state index contributed by atoms with van der Waals surface area (Å²) < 4.78 is 93.4. The number of aliphatic hydroxyl groups is 1. The molecule has 0 spiro atoms. The second kappa shape index (κ2) is 13.4. The van der Waals surface area contributed by atoms with Crippen LogP contribution in [0.1, 0.15) is 55.7 Å². The minimum absolute atomic E-state index is 0.00804. The first-order chi connectivity index (χ1) is 22.1. The highest BCUT2D eigenvalue weighted by Crippen LogP contribution is 2.51. The van der Waals surface area contributed by atoms with Crippen LogP contribution in [0, 0.1) is 21.3 Å². The molecular weight excluding hydrogens is 747 g/mol. The highest BCUT2D eigenvalue weighted by atomic mass is 127. The fourth-order valence-electron chi connectivity index (χ4n) is 6.92. The van der Waals surface area contributed by atoms with E-state index in [0.717, 1.165) is 24.0 Å². The fraction of sp³-hybridized carbons (Fsp3) is 0.455. The highest BCUT2D eigenvalue weighted by molar-refractivity contribution is 14.1. The number of imide groups is 1. The Morgan fingerprint density at radius 1 is 1.02 bits per heavy atom. The lowest BCUT2D eigenvalue weighted by molar-refractivity contribution is -0.143. The SMILES string of the molecule is CCC/C(=C\c1cc(I)c(O)c(OC)c1)CC[C@H]1OC[C@H]2C1=C(CO)C[C@H]1C(=O)N(c3cc(C(F)(F)F)cc(C(F)(F)F)c3)C(=O)[C@H]12. The number of hydrogen-bond donors (Lipinski definition) is 2. The lowest BCUT2D eigenvalue weighted by atomic mass is 9.69. The lowest BCUT2D eigenvalue weighted by Gasteiger charge is -2.31. The monoisotopic (exact) mass is 779 g/mol. The van der Waals surface area contributed by atoms with Crippen molar-refractivity contribution in [1.82, 2.24) is 0 Å². The summed E-state index contributed by atoms with van der Waals surface area (Å²) >= 11 is 2.01. The predicted molar refractivity (Wildman–Crippen MR) is 167 cm³/mol. The molecule has 4 atom stereocenters. The number of aromatic hydroxyl groups is 1. The van der Waals surface area contributed by atoms with E-state index in [2.05, 4.69) is 0 Å². The molecule has 2 fully saturated rings. The number of anilines is 1. The topological polar surface area (TPSA) is 96.3 Å². The highest BCUT2D eigenvalue weighted by Gasteiger charge is 2.57. The number of methoxy groups -OCH3 is 1. The first-order valence-electron chi connectivity index (χ1n) is 15.0. The average molecular weight is 780 g/mol. The second-order valence-corrected chi connectivity index (χ2v) is 13.1. The maximum atomic E-state index is 13.7. The van der Waals surface area contributed by atoms with Gasteiger partial charge in [0.15, 0.2) is 11.5 Å². The van der Waals surface area contributed by atoms with Gasteiger partial charge in [-0.1, -0.05) is 25.0 Å². The molecule has 3 aliphatic rings. The first-order valence-corrected chi connectivity index (χ1v) is 16.0. The Labute approximate surface area is 280 Å². The third-order valence-corrected chi connectivity index (χ3v) is 9.79. The molecular formula is C33H32F6INO6. The van der Waals surface area contributed by atoms with E-state index in [0.29, 0.717) is 50.3 Å². The third kappa shape index (κ3) is 6.91. The van der Waals surface area contributed by atoms with Crippen LogP contribution in [0.2, 0.25) is 0 Å². The molecule has 7 nitrogen and oxygen atoms in total. The number of carbonyl (C=O) groups excluding carboxylic acids is 2. The van der Waals surface area contributed by atoms with Gasteiger partial charge in [-0.25, -0.2) is 4.90 Å². The van der Waals surface area contributed by atoms with Gasteiger partial charge in [0.25, 0.3) is 0 Å².